The second kappa shape index (κ2) is 9.22. The van der Waals surface area contributed by atoms with Gasteiger partial charge in [0, 0.05) is 37.8 Å². The van der Waals surface area contributed by atoms with Crippen LogP contribution in [-0.2, 0) is 27.7 Å². The summed E-state index contributed by atoms with van der Waals surface area (Å²) in [5.74, 6) is 1.67. The Bertz CT molecular complexity index is 791. The number of pyridine rings is 1. The second-order valence-corrected chi connectivity index (χ2v) is 9.96. The van der Waals surface area contributed by atoms with Gasteiger partial charge in [-0.2, -0.15) is 0 Å². The summed E-state index contributed by atoms with van der Waals surface area (Å²) < 4.78 is 26.2. The molecule has 8 heteroatoms. The number of hydrogen-bond acceptors (Lipinski definition) is 5. The zero-order chi connectivity index (χ0) is 20.1. The number of likely N-dealkylation sites (tertiary alicyclic amines) is 1. The van der Waals surface area contributed by atoms with Crippen molar-refractivity contribution >= 4 is 21.7 Å². The summed E-state index contributed by atoms with van der Waals surface area (Å²) >= 11 is 0. The quantitative estimate of drug-likeness (QED) is 0.652. The van der Waals surface area contributed by atoms with Crippen LogP contribution in [0.15, 0.2) is 12.1 Å². The lowest BCUT2D eigenvalue weighted by Gasteiger charge is -2.40. The van der Waals surface area contributed by atoms with E-state index in [1.807, 2.05) is 11.8 Å². The highest BCUT2D eigenvalue weighted by atomic mass is 32.2. The summed E-state index contributed by atoms with van der Waals surface area (Å²) in [7, 11) is -3.28. The molecular weight excluding hydrogens is 376 g/mol. The summed E-state index contributed by atoms with van der Waals surface area (Å²) in [6.45, 7) is 6.09. The Balaban J connectivity index is 1.38. The fraction of sp³-hybridized carbons (Fsp3) is 0.700. The second-order valence-electron chi connectivity index (χ2n) is 8.09. The number of nitrogens with zero attached hydrogens (tertiary/aromatic N) is 2. The third-order valence-corrected chi connectivity index (χ3v) is 7.11. The van der Waals surface area contributed by atoms with Crippen molar-refractivity contribution in [3.8, 4) is 0 Å². The molecule has 3 heterocycles. The van der Waals surface area contributed by atoms with Gasteiger partial charge in [-0.3, -0.25) is 4.79 Å². The van der Waals surface area contributed by atoms with Crippen molar-refractivity contribution < 1.29 is 13.2 Å². The zero-order valence-electron chi connectivity index (χ0n) is 16.9. The predicted octanol–water partition coefficient (Wildman–Crippen LogP) is 1.94. The highest BCUT2D eigenvalue weighted by molar-refractivity contribution is 7.89. The Morgan fingerprint density at radius 1 is 1.39 bits per heavy atom. The maximum Gasteiger partial charge on any atom is 0.224 e. The molecule has 1 atom stereocenters. The number of anilines is 1. The third kappa shape index (κ3) is 5.67. The molecule has 0 unspecified atom stereocenters. The number of carbonyl (C=O) groups is 1. The highest BCUT2D eigenvalue weighted by Gasteiger charge is 2.31. The van der Waals surface area contributed by atoms with Crippen molar-refractivity contribution in [3.05, 3.63) is 23.4 Å². The standard InChI is InChI=1S/C20H32N4O3S/c1-3-11-28(26,27)23-15(2)12-19(25)24-13-16(14-24)6-8-18-9-7-17-5-4-10-21-20(17)22-18/h7,9,15-16,23H,3-6,8,10-14H2,1-2H3,(H,21,22)/t15-/m1/s1. The molecule has 0 saturated carbocycles. The van der Waals surface area contributed by atoms with Crippen LogP contribution in [0.25, 0.3) is 0 Å². The fourth-order valence-electron chi connectivity index (χ4n) is 3.88. The van der Waals surface area contributed by atoms with E-state index >= 15 is 0 Å². The Morgan fingerprint density at radius 2 is 2.18 bits per heavy atom. The van der Waals surface area contributed by atoms with E-state index in [0.29, 0.717) is 12.3 Å². The SMILES string of the molecule is CCCS(=O)(=O)N[C@H](C)CC(=O)N1CC(CCc2ccc3c(n2)NCCC3)C1. The normalized spacial score (nSPS) is 18.1. The number of aryl methyl sites for hydroxylation is 2. The third-order valence-electron chi connectivity index (χ3n) is 5.40. The maximum absolute atomic E-state index is 12.3. The van der Waals surface area contributed by atoms with Crippen LogP contribution < -0.4 is 10.0 Å². The number of amides is 1. The lowest BCUT2D eigenvalue weighted by Crippen LogP contribution is -2.51. The zero-order valence-corrected chi connectivity index (χ0v) is 17.7. The molecule has 0 bridgehead atoms. The predicted molar refractivity (Wildman–Crippen MR) is 111 cm³/mol. The van der Waals surface area contributed by atoms with Gasteiger partial charge in [-0.15, -0.1) is 0 Å². The summed E-state index contributed by atoms with van der Waals surface area (Å²) in [4.78, 5) is 18.9. The molecule has 1 aromatic heterocycles. The Labute approximate surface area is 168 Å². The molecule has 28 heavy (non-hydrogen) atoms. The van der Waals surface area contributed by atoms with Crippen LogP contribution in [0.1, 0.15) is 50.8 Å². The molecule has 1 amide bonds. The van der Waals surface area contributed by atoms with Crippen molar-refractivity contribution in [3.63, 3.8) is 0 Å². The van der Waals surface area contributed by atoms with Crippen molar-refractivity contribution in [2.75, 3.05) is 30.7 Å². The first-order valence-corrected chi connectivity index (χ1v) is 12.0. The van der Waals surface area contributed by atoms with Crippen molar-refractivity contribution in [1.82, 2.24) is 14.6 Å². The van der Waals surface area contributed by atoms with Crippen LogP contribution in [0.2, 0.25) is 0 Å². The minimum Gasteiger partial charge on any atom is -0.370 e. The van der Waals surface area contributed by atoms with Crippen LogP contribution >= 0.6 is 0 Å². The van der Waals surface area contributed by atoms with Crippen molar-refractivity contribution in [2.45, 2.75) is 58.4 Å². The van der Waals surface area contributed by atoms with Gasteiger partial charge in [-0.05, 0) is 56.6 Å². The molecule has 7 nitrogen and oxygen atoms in total. The minimum absolute atomic E-state index is 0.0269. The molecule has 1 fully saturated rings. The topological polar surface area (TPSA) is 91.4 Å². The smallest absolute Gasteiger partial charge is 0.224 e. The first kappa shape index (κ1) is 21.0. The summed E-state index contributed by atoms with van der Waals surface area (Å²) in [5.41, 5.74) is 2.41. The highest BCUT2D eigenvalue weighted by Crippen LogP contribution is 2.24. The average Bonchev–Trinajstić information content (AvgIpc) is 2.59. The van der Waals surface area contributed by atoms with Gasteiger partial charge >= 0.3 is 0 Å². The van der Waals surface area contributed by atoms with E-state index in [4.69, 9.17) is 4.98 Å². The van der Waals surface area contributed by atoms with Gasteiger partial charge in [-0.1, -0.05) is 13.0 Å². The van der Waals surface area contributed by atoms with Gasteiger partial charge in [0.2, 0.25) is 15.9 Å². The van der Waals surface area contributed by atoms with Gasteiger partial charge in [0.25, 0.3) is 0 Å². The Hall–Kier alpha value is -1.67. The van der Waals surface area contributed by atoms with E-state index < -0.39 is 10.0 Å². The lowest BCUT2D eigenvalue weighted by atomic mass is 9.93. The van der Waals surface area contributed by atoms with Gasteiger partial charge in [0.1, 0.15) is 5.82 Å². The van der Waals surface area contributed by atoms with E-state index in [9.17, 15) is 13.2 Å². The number of rotatable bonds is 9. The molecule has 3 rings (SSSR count). The van der Waals surface area contributed by atoms with E-state index in [-0.39, 0.29) is 24.1 Å². The molecule has 2 aliphatic heterocycles. The van der Waals surface area contributed by atoms with Crippen LogP contribution in [0.3, 0.4) is 0 Å². The molecule has 0 aromatic carbocycles. The lowest BCUT2D eigenvalue weighted by molar-refractivity contribution is -0.138. The average molecular weight is 409 g/mol. The van der Waals surface area contributed by atoms with Crippen LogP contribution in [-0.4, -0.2) is 55.6 Å². The summed E-state index contributed by atoms with van der Waals surface area (Å²) in [5, 5.41) is 3.37. The number of aromatic nitrogens is 1. The van der Waals surface area contributed by atoms with Gasteiger partial charge in [-0.25, -0.2) is 18.1 Å². The van der Waals surface area contributed by atoms with Crippen LogP contribution in [0, 0.1) is 5.92 Å². The fourth-order valence-corrected chi connectivity index (χ4v) is 5.23. The van der Waals surface area contributed by atoms with Gasteiger partial charge in [0.05, 0.1) is 5.75 Å². The van der Waals surface area contributed by atoms with Crippen molar-refractivity contribution in [2.24, 2.45) is 5.92 Å². The van der Waals surface area contributed by atoms with Crippen LogP contribution in [0.4, 0.5) is 5.82 Å². The number of carbonyl (C=O) groups excluding carboxylic acids is 1. The monoisotopic (exact) mass is 408 g/mol. The molecule has 0 spiro atoms. The molecule has 0 radical (unpaired) electrons. The first-order chi connectivity index (χ1) is 13.4. The van der Waals surface area contributed by atoms with E-state index in [1.54, 1.807) is 6.92 Å². The molecule has 1 saturated heterocycles. The van der Waals surface area contributed by atoms with Crippen LogP contribution in [0.5, 0.6) is 0 Å². The molecule has 156 valence electrons. The van der Waals surface area contributed by atoms with E-state index in [1.165, 1.54) is 12.0 Å². The summed E-state index contributed by atoms with van der Waals surface area (Å²) in [6.07, 6.45) is 5.00. The first-order valence-electron chi connectivity index (χ1n) is 10.4. The molecule has 0 aliphatic carbocycles. The molecule has 2 aliphatic rings. The molecule has 2 N–H and O–H groups in total. The minimum atomic E-state index is -3.28. The number of fused-ring (bicyclic) bond motifs is 1. The summed E-state index contributed by atoms with van der Waals surface area (Å²) in [6, 6.07) is 3.94. The largest absolute Gasteiger partial charge is 0.370 e. The van der Waals surface area contributed by atoms with Gasteiger partial charge in [0.15, 0.2) is 0 Å². The van der Waals surface area contributed by atoms with E-state index in [2.05, 4.69) is 22.2 Å². The van der Waals surface area contributed by atoms with Crippen molar-refractivity contribution in [1.29, 1.82) is 0 Å². The van der Waals surface area contributed by atoms with E-state index in [0.717, 1.165) is 50.4 Å². The maximum atomic E-state index is 12.3. The van der Waals surface area contributed by atoms with Gasteiger partial charge < -0.3 is 10.2 Å². The Kier molecular flexibility index (Phi) is 6.93. The Morgan fingerprint density at radius 3 is 2.93 bits per heavy atom. The number of sulfonamides is 1. The number of hydrogen-bond donors (Lipinski definition) is 2. The molecule has 1 aromatic rings. The molecular formula is C20H32N4O3S. The number of nitrogens with one attached hydrogen (secondary N) is 2.